The Morgan fingerprint density at radius 3 is 2.92 bits per heavy atom. The van der Waals surface area contributed by atoms with Gasteiger partial charge in [0.05, 0.1) is 33.3 Å². The van der Waals surface area contributed by atoms with E-state index in [1.165, 1.54) is 11.8 Å². The molecule has 9 heteroatoms. The van der Waals surface area contributed by atoms with Gasteiger partial charge in [-0.3, -0.25) is 4.79 Å². The van der Waals surface area contributed by atoms with Crippen LogP contribution in [0, 0.1) is 6.92 Å². The molecule has 1 aromatic carbocycles. The van der Waals surface area contributed by atoms with E-state index >= 15 is 0 Å². The van der Waals surface area contributed by atoms with Gasteiger partial charge in [0, 0.05) is 5.38 Å². The Kier molecular flexibility index (Phi) is 4.56. The molecule has 0 aliphatic heterocycles. The summed E-state index contributed by atoms with van der Waals surface area (Å²) in [5.74, 6) is 1.10. The zero-order valence-corrected chi connectivity index (χ0v) is 15.7. The van der Waals surface area contributed by atoms with Crippen LogP contribution in [0.3, 0.4) is 0 Å². The molecule has 4 rings (SSSR count). The van der Waals surface area contributed by atoms with Crippen LogP contribution in [0.15, 0.2) is 44.1 Å². The number of hydrogen-bond donors (Lipinski definition) is 1. The summed E-state index contributed by atoms with van der Waals surface area (Å²) in [6.45, 7) is 3.90. The minimum atomic E-state index is -0.150. The van der Waals surface area contributed by atoms with Gasteiger partial charge < -0.3 is 9.40 Å². The van der Waals surface area contributed by atoms with E-state index in [1.807, 2.05) is 37.4 Å². The van der Waals surface area contributed by atoms with Crippen LogP contribution in [0.1, 0.15) is 34.6 Å². The number of aromatic amines is 1. The van der Waals surface area contributed by atoms with Crippen LogP contribution in [-0.2, 0) is 6.42 Å². The van der Waals surface area contributed by atoms with Crippen molar-refractivity contribution in [2.24, 2.45) is 0 Å². The van der Waals surface area contributed by atoms with Crippen LogP contribution in [0.5, 0.6) is 0 Å². The lowest BCUT2D eigenvalue weighted by Crippen LogP contribution is -2.12. The van der Waals surface area contributed by atoms with E-state index in [9.17, 15) is 4.79 Å². The summed E-state index contributed by atoms with van der Waals surface area (Å²) in [5.41, 5.74) is 1.44. The fraction of sp³-hybridized carbons (Fsp3) is 0.235. The maximum absolute atomic E-state index is 12.2. The highest BCUT2D eigenvalue weighted by atomic mass is 32.2. The Hall–Kier alpha value is -2.52. The third kappa shape index (κ3) is 3.54. The van der Waals surface area contributed by atoms with E-state index < -0.39 is 0 Å². The second-order valence-electron chi connectivity index (χ2n) is 5.72. The molecule has 0 saturated carbocycles. The van der Waals surface area contributed by atoms with Crippen molar-refractivity contribution in [3.63, 3.8) is 0 Å². The SMILES string of the molecule is Cc1nc(Cc2nnc(S[C@H](C)c3nc4ccccc4c(=O)[nH]3)o2)cs1. The summed E-state index contributed by atoms with van der Waals surface area (Å²) in [6.07, 6.45) is 0.511. The molecule has 0 bridgehead atoms. The summed E-state index contributed by atoms with van der Waals surface area (Å²) in [5, 5.41) is 12.0. The number of rotatable bonds is 5. The van der Waals surface area contributed by atoms with E-state index in [0.29, 0.717) is 34.3 Å². The zero-order valence-electron chi connectivity index (χ0n) is 14.1. The molecule has 0 spiro atoms. The molecule has 0 radical (unpaired) electrons. The third-order valence-corrected chi connectivity index (χ3v) is 5.51. The number of fused-ring (bicyclic) bond motifs is 1. The number of para-hydroxylation sites is 1. The highest BCUT2D eigenvalue weighted by Gasteiger charge is 2.17. The normalized spacial score (nSPS) is 12.5. The van der Waals surface area contributed by atoms with Gasteiger partial charge in [-0.2, -0.15) is 0 Å². The van der Waals surface area contributed by atoms with E-state index in [1.54, 1.807) is 17.4 Å². The molecule has 0 unspecified atom stereocenters. The van der Waals surface area contributed by atoms with Gasteiger partial charge in [-0.25, -0.2) is 9.97 Å². The lowest BCUT2D eigenvalue weighted by Gasteiger charge is -2.08. The minimum absolute atomic E-state index is 0.137. The fourth-order valence-corrected chi connectivity index (χ4v) is 3.88. The molecule has 7 nitrogen and oxygen atoms in total. The molecule has 0 saturated heterocycles. The average Bonchev–Trinajstić information content (AvgIpc) is 3.24. The first-order chi connectivity index (χ1) is 12.6. The number of nitrogens with zero attached hydrogens (tertiary/aromatic N) is 4. The van der Waals surface area contributed by atoms with Crippen molar-refractivity contribution < 1.29 is 4.42 Å². The minimum Gasteiger partial charge on any atom is -0.416 e. The maximum atomic E-state index is 12.2. The monoisotopic (exact) mass is 385 g/mol. The van der Waals surface area contributed by atoms with Crippen molar-refractivity contribution >= 4 is 34.0 Å². The molecule has 1 N–H and O–H groups in total. The molecule has 0 aliphatic carbocycles. The van der Waals surface area contributed by atoms with Crippen LogP contribution < -0.4 is 5.56 Å². The summed E-state index contributed by atoms with van der Waals surface area (Å²) in [7, 11) is 0. The van der Waals surface area contributed by atoms with E-state index in [0.717, 1.165) is 10.7 Å². The highest BCUT2D eigenvalue weighted by Crippen LogP contribution is 2.32. The Morgan fingerprint density at radius 2 is 2.12 bits per heavy atom. The lowest BCUT2D eigenvalue weighted by molar-refractivity contribution is 0.418. The number of H-pyrrole nitrogens is 1. The number of benzene rings is 1. The Morgan fingerprint density at radius 1 is 1.27 bits per heavy atom. The Balaban J connectivity index is 1.51. The van der Waals surface area contributed by atoms with Gasteiger partial charge in [0.25, 0.3) is 10.8 Å². The van der Waals surface area contributed by atoms with E-state index in [2.05, 4.69) is 25.1 Å². The molecule has 4 aromatic rings. The first-order valence-electron chi connectivity index (χ1n) is 7.97. The molecule has 0 fully saturated rings. The standard InChI is InChI=1S/C17H15N5O2S2/c1-9(15-19-13-6-4-3-5-12(13)16(23)20-15)26-17-22-21-14(24-17)7-11-8-25-10(2)18-11/h3-6,8-9H,7H2,1-2H3,(H,19,20,23)/t9-/m1/s1. The van der Waals surface area contributed by atoms with Gasteiger partial charge in [-0.05, 0) is 26.0 Å². The molecule has 1 atom stereocenters. The molecule has 0 amide bonds. The maximum Gasteiger partial charge on any atom is 0.277 e. The number of thiazole rings is 1. The second kappa shape index (κ2) is 7.00. The van der Waals surface area contributed by atoms with Gasteiger partial charge in [-0.1, -0.05) is 23.9 Å². The fourth-order valence-electron chi connectivity index (χ4n) is 2.51. The molecule has 132 valence electrons. The predicted octanol–water partition coefficient (Wildman–Crippen LogP) is 3.52. The Labute approximate surface area is 156 Å². The smallest absolute Gasteiger partial charge is 0.277 e. The van der Waals surface area contributed by atoms with Gasteiger partial charge in [-0.15, -0.1) is 21.5 Å². The molecular formula is C17H15N5O2S2. The topological polar surface area (TPSA) is 97.6 Å². The van der Waals surface area contributed by atoms with Gasteiger partial charge in [0.1, 0.15) is 5.82 Å². The van der Waals surface area contributed by atoms with Crippen molar-refractivity contribution in [2.45, 2.75) is 30.7 Å². The van der Waals surface area contributed by atoms with Crippen molar-refractivity contribution in [3.8, 4) is 0 Å². The van der Waals surface area contributed by atoms with Crippen molar-refractivity contribution in [2.75, 3.05) is 0 Å². The van der Waals surface area contributed by atoms with Crippen LogP contribution in [0.2, 0.25) is 0 Å². The van der Waals surface area contributed by atoms with Crippen molar-refractivity contribution in [3.05, 3.63) is 62.4 Å². The summed E-state index contributed by atoms with van der Waals surface area (Å²) in [6, 6.07) is 7.26. The quantitative estimate of drug-likeness (QED) is 0.525. The van der Waals surface area contributed by atoms with E-state index in [-0.39, 0.29) is 10.8 Å². The van der Waals surface area contributed by atoms with Crippen molar-refractivity contribution in [1.82, 2.24) is 25.1 Å². The predicted molar refractivity (Wildman–Crippen MR) is 101 cm³/mol. The van der Waals surface area contributed by atoms with Gasteiger partial charge in [0.15, 0.2) is 0 Å². The summed E-state index contributed by atoms with van der Waals surface area (Å²) in [4.78, 5) is 24.0. The number of nitrogens with one attached hydrogen (secondary N) is 1. The van der Waals surface area contributed by atoms with Crippen LogP contribution >= 0.6 is 23.1 Å². The number of hydrogen-bond acceptors (Lipinski definition) is 8. The molecule has 3 aromatic heterocycles. The van der Waals surface area contributed by atoms with E-state index in [4.69, 9.17) is 4.42 Å². The molecular weight excluding hydrogens is 370 g/mol. The molecule has 3 heterocycles. The van der Waals surface area contributed by atoms with Gasteiger partial charge >= 0.3 is 0 Å². The van der Waals surface area contributed by atoms with Crippen LogP contribution in [0.4, 0.5) is 0 Å². The summed E-state index contributed by atoms with van der Waals surface area (Å²) >= 11 is 2.95. The molecule has 26 heavy (non-hydrogen) atoms. The number of thioether (sulfide) groups is 1. The van der Waals surface area contributed by atoms with Crippen LogP contribution in [-0.4, -0.2) is 25.1 Å². The number of aryl methyl sites for hydroxylation is 1. The lowest BCUT2D eigenvalue weighted by atomic mass is 10.2. The van der Waals surface area contributed by atoms with Crippen LogP contribution in [0.25, 0.3) is 10.9 Å². The zero-order chi connectivity index (χ0) is 18.1. The van der Waals surface area contributed by atoms with Gasteiger partial charge in [0.2, 0.25) is 5.89 Å². The highest BCUT2D eigenvalue weighted by molar-refractivity contribution is 7.99. The van der Waals surface area contributed by atoms with Crippen molar-refractivity contribution in [1.29, 1.82) is 0 Å². The third-order valence-electron chi connectivity index (χ3n) is 3.74. The first-order valence-corrected chi connectivity index (χ1v) is 9.73. The average molecular weight is 385 g/mol. The first kappa shape index (κ1) is 16.9. The summed E-state index contributed by atoms with van der Waals surface area (Å²) < 4.78 is 5.69. The Bertz CT molecular complexity index is 1120. The number of aromatic nitrogens is 5. The largest absolute Gasteiger partial charge is 0.416 e. The second-order valence-corrected chi connectivity index (χ2v) is 8.08. The molecule has 0 aliphatic rings.